The molecule has 0 radical (unpaired) electrons. The highest BCUT2D eigenvalue weighted by atomic mass is 16.6. The van der Waals surface area contributed by atoms with Gasteiger partial charge in [-0.1, -0.05) is 12.1 Å². The standard InChI is InChI=1S/C26H26N6O5/c1-26(2,3)37-24(33)30-17-8-6-14(10-20(17)35-5)16-12-19(32-22(16)23(27)28-13-29-32)15-7-9-18-21(11-15)36-25(34)31(18)4/h6-13H,1-5H3,(H,30,33)(H2,27,28,29). The Bertz CT molecular complexity index is 1720. The first-order valence-electron chi connectivity index (χ1n) is 11.5. The van der Waals surface area contributed by atoms with Gasteiger partial charge in [0, 0.05) is 18.2 Å². The summed E-state index contributed by atoms with van der Waals surface area (Å²) in [5.41, 5.74) is 10.9. The van der Waals surface area contributed by atoms with Crippen LogP contribution in [0.3, 0.4) is 0 Å². The molecule has 0 saturated carbocycles. The third kappa shape index (κ3) is 4.35. The number of benzene rings is 2. The van der Waals surface area contributed by atoms with Gasteiger partial charge < -0.3 is 19.6 Å². The number of carbonyl (C=O) groups is 1. The topological polar surface area (TPSA) is 139 Å². The van der Waals surface area contributed by atoms with Gasteiger partial charge in [-0.3, -0.25) is 9.88 Å². The number of rotatable bonds is 4. The molecule has 190 valence electrons. The highest BCUT2D eigenvalue weighted by Gasteiger charge is 2.21. The molecule has 0 unspecified atom stereocenters. The van der Waals surface area contributed by atoms with Crippen molar-refractivity contribution < 1.29 is 18.7 Å². The molecule has 3 heterocycles. The van der Waals surface area contributed by atoms with E-state index in [1.807, 2.05) is 24.3 Å². The molecule has 11 nitrogen and oxygen atoms in total. The number of anilines is 2. The Balaban J connectivity index is 1.61. The summed E-state index contributed by atoms with van der Waals surface area (Å²) in [4.78, 5) is 28.4. The highest BCUT2D eigenvalue weighted by Crippen LogP contribution is 2.38. The molecule has 0 fully saturated rings. The molecule has 0 aliphatic carbocycles. The molecular formula is C26H26N6O5. The van der Waals surface area contributed by atoms with Crippen LogP contribution in [0.1, 0.15) is 20.8 Å². The van der Waals surface area contributed by atoms with Gasteiger partial charge in [0.25, 0.3) is 0 Å². The van der Waals surface area contributed by atoms with Crippen molar-refractivity contribution in [3.05, 3.63) is 59.3 Å². The summed E-state index contributed by atoms with van der Waals surface area (Å²) in [6.45, 7) is 5.37. The average molecular weight is 503 g/mol. The number of hydrogen-bond donors (Lipinski definition) is 2. The predicted octanol–water partition coefficient (Wildman–Crippen LogP) is 4.45. The Morgan fingerprint density at radius 1 is 1.11 bits per heavy atom. The first-order valence-corrected chi connectivity index (χ1v) is 11.5. The number of nitrogens with two attached hydrogens (primary N) is 1. The number of aryl methyl sites for hydroxylation is 1. The molecule has 0 atom stereocenters. The van der Waals surface area contributed by atoms with Crippen LogP contribution in [0.5, 0.6) is 5.75 Å². The Labute approximate surface area is 211 Å². The summed E-state index contributed by atoms with van der Waals surface area (Å²) in [7, 11) is 3.17. The predicted molar refractivity (Wildman–Crippen MR) is 140 cm³/mol. The fraction of sp³-hybridized carbons (Fsp3) is 0.231. The number of amides is 1. The van der Waals surface area contributed by atoms with E-state index in [0.29, 0.717) is 33.9 Å². The third-order valence-electron chi connectivity index (χ3n) is 5.82. The molecule has 0 saturated heterocycles. The Kier molecular flexibility index (Phi) is 5.62. The molecule has 5 aromatic rings. The summed E-state index contributed by atoms with van der Waals surface area (Å²) in [5, 5.41) is 7.15. The van der Waals surface area contributed by atoms with Gasteiger partial charge in [0.1, 0.15) is 23.2 Å². The zero-order valence-corrected chi connectivity index (χ0v) is 21.0. The largest absolute Gasteiger partial charge is 0.495 e. The number of methoxy groups -OCH3 is 1. The SMILES string of the molecule is COc1cc(-c2cc(-c3ccc4c(c3)oc(=O)n4C)n3ncnc(N)c23)ccc1NC(=O)OC(C)(C)C. The zero-order valence-electron chi connectivity index (χ0n) is 21.0. The van der Waals surface area contributed by atoms with E-state index >= 15 is 0 Å². The number of nitrogens with one attached hydrogen (secondary N) is 1. The molecule has 5 rings (SSSR count). The van der Waals surface area contributed by atoms with Gasteiger partial charge in [-0.25, -0.2) is 19.1 Å². The first kappa shape index (κ1) is 23.9. The molecule has 37 heavy (non-hydrogen) atoms. The van der Waals surface area contributed by atoms with Crippen LogP contribution in [-0.2, 0) is 11.8 Å². The van der Waals surface area contributed by atoms with Crippen LogP contribution in [0, 0.1) is 0 Å². The molecule has 0 aliphatic heterocycles. The second-order valence-corrected chi connectivity index (χ2v) is 9.50. The van der Waals surface area contributed by atoms with Crippen molar-refractivity contribution in [1.29, 1.82) is 0 Å². The fourth-order valence-corrected chi connectivity index (χ4v) is 4.16. The second kappa shape index (κ2) is 8.70. The summed E-state index contributed by atoms with van der Waals surface area (Å²) in [6, 6.07) is 12.8. The molecule has 1 amide bonds. The van der Waals surface area contributed by atoms with Crippen LogP contribution in [-0.4, -0.2) is 38.0 Å². The number of hydrogen-bond acceptors (Lipinski definition) is 8. The Morgan fingerprint density at radius 3 is 2.59 bits per heavy atom. The van der Waals surface area contributed by atoms with Crippen LogP contribution in [0.2, 0.25) is 0 Å². The fourth-order valence-electron chi connectivity index (χ4n) is 4.16. The van der Waals surface area contributed by atoms with Crippen molar-refractivity contribution >= 4 is 34.2 Å². The van der Waals surface area contributed by atoms with Gasteiger partial charge in [-0.2, -0.15) is 5.10 Å². The minimum absolute atomic E-state index is 0.290. The highest BCUT2D eigenvalue weighted by molar-refractivity contribution is 5.94. The van der Waals surface area contributed by atoms with Crippen molar-refractivity contribution in [2.24, 2.45) is 7.05 Å². The summed E-state index contributed by atoms with van der Waals surface area (Å²) in [6.07, 6.45) is 0.793. The number of carbonyl (C=O) groups excluding carboxylic acids is 1. The summed E-state index contributed by atoms with van der Waals surface area (Å²) < 4.78 is 19.4. The van der Waals surface area contributed by atoms with Crippen LogP contribution >= 0.6 is 0 Å². The molecule has 0 spiro atoms. The number of ether oxygens (including phenoxy) is 2. The van der Waals surface area contributed by atoms with Crippen LogP contribution < -0.4 is 21.5 Å². The lowest BCUT2D eigenvalue weighted by atomic mass is 10.0. The van der Waals surface area contributed by atoms with Gasteiger partial charge in [-0.15, -0.1) is 0 Å². The minimum Gasteiger partial charge on any atom is -0.495 e. The van der Waals surface area contributed by atoms with Crippen LogP contribution in [0.4, 0.5) is 16.3 Å². The lowest BCUT2D eigenvalue weighted by Gasteiger charge is -2.20. The molecule has 0 aliphatic rings. The van der Waals surface area contributed by atoms with Gasteiger partial charge in [0.2, 0.25) is 0 Å². The Hall–Kier alpha value is -4.80. The van der Waals surface area contributed by atoms with E-state index in [0.717, 1.165) is 22.4 Å². The summed E-state index contributed by atoms with van der Waals surface area (Å²) in [5.74, 6) is 0.289. The van der Waals surface area contributed by atoms with E-state index < -0.39 is 17.5 Å². The molecular weight excluding hydrogens is 476 g/mol. The molecule has 11 heteroatoms. The first-order chi connectivity index (χ1) is 17.6. The van der Waals surface area contributed by atoms with Crippen LogP contribution in [0.25, 0.3) is 39.0 Å². The van der Waals surface area contributed by atoms with Gasteiger partial charge >= 0.3 is 11.8 Å². The number of fused-ring (bicyclic) bond motifs is 2. The quantitative estimate of drug-likeness (QED) is 0.368. The number of nitrogens with zero attached hydrogens (tertiary/aromatic N) is 4. The van der Waals surface area contributed by atoms with Gasteiger partial charge in [0.15, 0.2) is 11.4 Å². The van der Waals surface area contributed by atoms with Crippen molar-refractivity contribution in [2.45, 2.75) is 26.4 Å². The second-order valence-electron chi connectivity index (χ2n) is 9.50. The number of oxazole rings is 1. The normalized spacial score (nSPS) is 11.7. The lowest BCUT2D eigenvalue weighted by Crippen LogP contribution is -2.27. The summed E-state index contributed by atoms with van der Waals surface area (Å²) >= 11 is 0. The van der Waals surface area contributed by atoms with E-state index in [1.54, 1.807) is 50.5 Å². The maximum Gasteiger partial charge on any atom is 0.419 e. The number of nitrogen functional groups attached to an aromatic ring is 1. The Morgan fingerprint density at radius 2 is 1.86 bits per heavy atom. The van der Waals surface area contributed by atoms with E-state index in [-0.39, 0.29) is 0 Å². The van der Waals surface area contributed by atoms with E-state index in [1.165, 1.54) is 18.0 Å². The van der Waals surface area contributed by atoms with E-state index in [4.69, 9.17) is 19.6 Å². The average Bonchev–Trinajstić information content (AvgIpc) is 3.36. The number of aromatic nitrogens is 4. The zero-order chi connectivity index (χ0) is 26.5. The third-order valence-corrected chi connectivity index (χ3v) is 5.82. The van der Waals surface area contributed by atoms with Crippen molar-refractivity contribution in [2.75, 3.05) is 18.2 Å². The van der Waals surface area contributed by atoms with E-state index in [2.05, 4.69) is 15.4 Å². The minimum atomic E-state index is -0.637. The molecule has 0 bridgehead atoms. The smallest absolute Gasteiger partial charge is 0.419 e. The molecule has 2 aromatic carbocycles. The maximum absolute atomic E-state index is 12.3. The van der Waals surface area contributed by atoms with Gasteiger partial charge in [-0.05, 0) is 56.7 Å². The molecule has 3 N–H and O–H groups in total. The van der Waals surface area contributed by atoms with Crippen molar-refractivity contribution in [1.82, 2.24) is 19.2 Å². The van der Waals surface area contributed by atoms with E-state index in [9.17, 15) is 9.59 Å². The van der Waals surface area contributed by atoms with Crippen molar-refractivity contribution in [3.63, 3.8) is 0 Å². The lowest BCUT2D eigenvalue weighted by molar-refractivity contribution is 0.0635. The van der Waals surface area contributed by atoms with Gasteiger partial charge in [0.05, 0.1) is 24.0 Å². The molecule has 3 aromatic heterocycles. The monoisotopic (exact) mass is 502 g/mol. The van der Waals surface area contributed by atoms with Crippen LogP contribution in [0.15, 0.2) is 58.0 Å². The van der Waals surface area contributed by atoms with Crippen molar-refractivity contribution in [3.8, 4) is 28.1 Å². The maximum atomic E-state index is 12.3.